The molecular formula is C33H49N5O7S. The van der Waals surface area contributed by atoms with E-state index in [0.29, 0.717) is 19.3 Å². The van der Waals surface area contributed by atoms with Crippen LogP contribution in [0.1, 0.15) is 54.4 Å². The average molecular weight is 660 g/mol. The van der Waals surface area contributed by atoms with Crippen molar-refractivity contribution in [1.29, 1.82) is 0 Å². The van der Waals surface area contributed by atoms with Crippen LogP contribution in [0.2, 0.25) is 0 Å². The number of nitrogens with one attached hydrogen (secondary N) is 2. The van der Waals surface area contributed by atoms with Crippen molar-refractivity contribution in [1.82, 2.24) is 15.5 Å². The minimum atomic E-state index is -1.16. The lowest BCUT2D eigenvalue weighted by atomic mass is 9.96. The predicted molar refractivity (Wildman–Crippen MR) is 178 cm³/mol. The van der Waals surface area contributed by atoms with Gasteiger partial charge < -0.3 is 31.9 Å². The maximum absolute atomic E-state index is 13.7. The zero-order valence-electron chi connectivity index (χ0n) is 27.0. The van der Waals surface area contributed by atoms with Crippen molar-refractivity contribution in [3.05, 3.63) is 64.7 Å². The van der Waals surface area contributed by atoms with E-state index in [1.54, 1.807) is 24.3 Å². The molecule has 0 aliphatic carbocycles. The topological polar surface area (TPSA) is 205 Å². The highest BCUT2D eigenvalue weighted by Gasteiger charge is 2.32. The Morgan fingerprint density at radius 2 is 1.52 bits per heavy atom. The van der Waals surface area contributed by atoms with Crippen LogP contribution in [0.25, 0.3) is 0 Å². The smallest absolute Gasteiger partial charge is 0.249 e. The number of aryl methyl sites for hydroxylation is 2. The van der Waals surface area contributed by atoms with Crippen LogP contribution in [0.15, 0.2) is 42.5 Å². The summed E-state index contributed by atoms with van der Waals surface area (Å²) >= 11 is 0. The number of carbonyl (C=O) groups excluding carboxylic acids is 4. The van der Waals surface area contributed by atoms with Gasteiger partial charge in [-0.1, -0.05) is 43.2 Å². The molecule has 2 aromatic carbocycles. The number of nitrogens with two attached hydrogens (primary N) is 2. The van der Waals surface area contributed by atoms with Crippen LogP contribution >= 0.6 is 0 Å². The first-order chi connectivity index (χ1) is 21.8. The first kappa shape index (κ1) is 38.5. The lowest BCUT2D eigenvalue weighted by Gasteiger charge is -2.31. The number of aromatic hydroxyl groups is 1. The van der Waals surface area contributed by atoms with Crippen LogP contribution in [-0.2, 0) is 42.8 Å². The summed E-state index contributed by atoms with van der Waals surface area (Å²) in [5, 5.41) is 23.9. The number of aliphatic hydroxyl groups is 1. The van der Waals surface area contributed by atoms with Crippen LogP contribution in [-0.4, -0.2) is 92.8 Å². The molecule has 0 fully saturated rings. The van der Waals surface area contributed by atoms with Gasteiger partial charge >= 0.3 is 0 Å². The summed E-state index contributed by atoms with van der Waals surface area (Å²) < 4.78 is 11.5. The van der Waals surface area contributed by atoms with E-state index in [1.165, 1.54) is 11.2 Å². The Hall–Kier alpha value is -3.65. The number of unbranched alkanes of at least 4 members (excludes halogenated alkanes) is 3. The number of benzene rings is 2. The summed E-state index contributed by atoms with van der Waals surface area (Å²) in [5.74, 6) is -2.22. The molecule has 2 rings (SSSR count). The fourth-order valence-corrected chi connectivity index (χ4v) is 5.69. The van der Waals surface area contributed by atoms with E-state index < -0.39 is 59.1 Å². The molecule has 4 atom stereocenters. The molecule has 0 aromatic heterocycles. The van der Waals surface area contributed by atoms with Gasteiger partial charge in [0.2, 0.25) is 23.6 Å². The zero-order valence-corrected chi connectivity index (χ0v) is 27.8. The molecule has 0 saturated heterocycles. The van der Waals surface area contributed by atoms with E-state index in [2.05, 4.69) is 10.6 Å². The number of carbonyl (C=O) groups is 4. The Bertz CT molecular complexity index is 1320. The van der Waals surface area contributed by atoms with Crippen LogP contribution < -0.4 is 22.1 Å². The molecule has 0 aliphatic rings. The van der Waals surface area contributed by atoms with Crippen molar-refractivity contribution in [2.24, 2.45) is 11.5 Å². The summed E-state index contributed by atoms with van der Waals surface area (Å²) in [6.07, 6.45) is 4.44. The van der Waals surface area contributed by atoms with Crippen molar-refractivity contribution in [2.45, 2.75) is 76.9 Å². The van der Waals surface area contributed by atoms with Gasteiger partial charge in [-0.25, -0.2) is 0 Å². The second-order valence-corrected chi connectivity index (χ2v) is 13.1. The lowest BCUT2D eigenvalue weighted by molar-refractivity contribution is -0.143. The fourth-order valence-electron chi connectivity index (χ4n) is 5.11. The van der Waals surface area contributed by atoms with E-state index in [4.69, 9.17) is 16.6 Å². The van der Waals surface area contributed by atoms with Gasteiger partial charge in [0, 0.05) is 42.4 Å². The van der Waals surface area contributed by atoms with Crippen LogP contribution in [0.4, 0.5) is 0 Å². The van der Waals surface area contributed by atoms with Gasteiger partial charge in [-0.2, -0.15) is 0 Å². The van der Waals surface area contributed by atoms with Crippen molar-refractivity contribution in [3.63, 3.8) is 0 Å². The van der Waals surface area contributed by atoms with Gasteiger partial charge in [0.25, 0.3) is 0 Å². The molecule has 2 unspecified atom stereocenters. The molecule has 0 aliphatic heterocycles. The van der Waals surface area contributed by atoms with Crippen LogP contribution in [0.5, 0.6) is 5.75 Å². The molecule has 0 bridgehead atoms. The molecule has 0 radical (unpaired) electrons. The number of aliphatic hydroxyl groups excluding tert-OH is 1. The van der Waals surface area contributed by atoms with Crippen molar-refractivity contribution in [3.8, 4) is 5.75 Å². The van der Waals surface area contributed by atoms with E-state index in [0.717, 1.165) is 28.7 Å². The van der Waals surface area contributed by atoms with Crippen molar-refractivity contribution < 1.29 is 33.6 Å². The Morgan fingerprint density at radius 1 is 0.891 bits per heavy atom. The number of phenols is 1. The monoisotopic (exact) mass is 659 g/mol. The molecule has 46 heavy (non-hydrogen) atoms. The Balaban J connectivity index is 2.25. The van der Waals surface area contributed by atoms with E-state index in [1.807, 2.05) is 32.0 Å². The Kier molecular flexibility index (Phi) is 16.6. The first-order valence-corrected chi connectivity index (χ1v) is 17.2. The average Bonchev–Trinajstić information content (AvgIpc) is 3.01. The van der Waals surface area contributed by atoms with Crippen LogP contribution in [0.3, 0.4) is 0 Å². The second kappa shape index (κ2) is 19.8. The van der Waals surface area contributed by atoms with Gasteiger partial charge in [0.15, 0.2) is 0 Å². The second-order valence-electron chi connectivity index (χ2n) is 11.5. The quantitative estimate of drug-likeness (QED) is 0.117. The van der Waals surface area contributed by atoms with Gasteiger partial charge in [-0.3, -0.25) is 28.7 Å². The SMILES string of the molecule is Cc1cc(O)cc(C)c1C[C@H](N)C(=O)NCC(=O)N(CCCCCCO)[C@@H](Cc1ccccc1)C(=O)NC(=O)C(N)CCS(C)=O. The molecular weight excluding hydrogens is 610 g/mol. The minimum absolute atomic E-state index is 0.0468. The van der Waals surface area contributed by atoms with E-state index in [9.17, 15) is 28.5 Å². The third-order valence-corrected chi connectivity index (χ3v) is 8.54. The number of phenolic OH excluding ortho intramolecular Hbond substituents is 1. The molecule has 4 amide bonds. The predicted octanol–water partition coefficient (Wildman–Crippen LogP) is 0.726. The Labute approximate surface area is 273 Å². The number of hydrogen-bond acceptors (Lipinski definition) is 9. The van der Waals surface area contributed by atoms with Gasteiger partial charge in [-0.05, 0) is 73.9 Å². The number of imide groups is 1. The number of rotatable bonds is 19. The number of amides is 4. The van der Waals surface area contributed by atoms with E-state index >= 15 is 0 Å². The Morgan fingerprint density at radius 3 is 2.13 bits per heavy atom. The molecule has 2 aromatic rings. The number of hydrogen-bond donors (Lipinski definition) is 6. The first-order valence-electron chi connectivity index (χ1n) is 15.5. The highest BCUT2D eigenvalue weighted by molar-refractivity contribution is 7.84. The zero-order chi connectivity index (χ0) is 34.2. The molecule has 0 spiro atoms. The summed E-state index contributed by atoms with van der Waals surface area (Å²) in [7, 11) is -1.16. The normalized spacial score (nSPS) is 13.7. The minimum Gasteiger partial charge on any atom is -0.508 e. The molecule has 13 heteroatoms. The van der Waals surface area contributed by atoms with E-state index in [-0.39, 0.29) is 43.9 Å². The summed E-state index contributed by atoms with van der Waals surface area (Å²) in [4.78, 5) is 54.5. The number of nitrogens with zero attached hydrogens (tertiary/aromatic N) is 1. The summed E-state index contributed by atoms with van der Waals surface area (Å²) in [6.45, 7) is 3.41. The lowest BCUT2D eigenvalue weighted by Crippen LogP contribution is -2.56. The maximum atomic E-state index is 13.7. The molecule has 8 N–H and O–H groups in total. The largest absolute Gasteiger partial charge is 0.508 e. The van der Waals surface area contributed by atoms with Crippen LogP contribution in [0, 0.1) is 13.8 Å². The molecule has 0 heterocycles. The summed E-state index contributed by atoms with van der Waals surface area (Å²) in [5.41, 5.74) is 15.3. The van der Waals surface area contributed by atoms with Gasteiger partial charge in [-0.15, -0.1) is 0 Å². The van der Waals surface area contributed by atoms with Gasteiger partial charge in [0.1, 0.15) is 11.8 Å². The standard InChI is InChI=1S/C33H49N5O7S/c1-22-17-25(40)18-23(2)26(22)20-28(35)31(42)36-21-30(41)38(14-9-4-5-10-15-39)29(19-24-11-7-6-8-12-24)33(44)37-32(43)27(34)13-16-46(3)45/h6-8,11-12,17-18,27-29,39-40H,4-5,9-10,13-16,19-21,34-35H2,1-3H3,(H,36,42)(H,37,43,44)/t27?,28-,29-,46?/m0/s1. The highest BCUT2D eigenvalue weighted by atomic mass is 32.2. The van der Waals surface area contributed by atoms with Crippen molar-refractivity contribution in [2.75, 3.05) is 31.7 Å². The third kappa shape index (κ3) is 13.0. The molecule has 254 valence electrons. The molecule has 12 nitrogen and oxygen atoms in total. The third-order valence-electron chi connectivity index (χ3n) is 7.73. The highest BCUT2D eigenvalue weighted by Crippen LogP contribution is 2.22. The molecule has 0 saturated carbocycles. The maximum Gasteiger partial charge on any atom is 0.249 e. The summed E-state index contributed by atoms with van der Waals surface area (Å²) in [6, 6.07) is 9.10. The van der Waals surface area contributed by atoms with Gasteiger partial charge in [0.05, 0.1) is 18.6 Å². The van der Waals surface area contributed by atoms with Crippen molar-refractivity contribution >= 4 is 34.4 Å². The fraction of sp³-hybridized carbons (Fsp3) is 0.515.